The topological polar surface area (TPSA) is 77.5 Å². The van der Waals surface area contributed by atoms with Gasteiger partial charge in [-0.3, -0.25) is 9.59 Å². The summed E-state index contributed by atoms with van der Waals surface area (Å²) in [5.74, 6) is 0.865. The van der Waals surface area contributed by atoms with Crippen LogP contribution in [0.2, 0.25) is 0 Å². The Bertz CT molecular complexity index is 380. The molecule has 2 rings (SSSR count). The number of hydrogen-bond donors (Lipinski definition) is 0. The molecule has 0 aliphatic carbocycles. The molecular weight excluding hydrogens is 380 g/mol. The van der Waals surface area contributed by atoms with E-state index >= 15 is 0 Å². The highest BCUT2D eigenvalue weighted by molar-refractivity contribution is 7.97. The molecule has 2 aliphatic rings. The predicted octanol–water partition coefficient (Wildman–Crippen LogP) is 0.814. The van der Waals surface area contributed by atoms with Crippen molar-refractivity contribution in [2.45, 2.75) is 12.8 Å². The van der Waals surface area contributed by atoms with Crippen molar-refractivity contribution in [1.82, 2.24) is 8.61 Å². The lowest BCUT2D eigenvalue weighted by molar-refractivity contribution is -0.151. The highest BCUT2D eigenvalue weighted by atomic mass is 32.2. The number of carbonyl (C=O) groups excluding carboxylic acids is 2. The molecule has 0 aromatic carbocycles. The molecule has 0 atom stereocenters. The summed E-state index contributed by atoms with van der Waals surface area (Å²) in [6.07, 6.45) is 0.707. The Labute approximate surface area is 163 Å². The van der Waals surface area contributed by atoms with Crippen molar-refractivity contribution in [2.75, 3.05) is 77.3 Å². The molecule has 0 bridgehead atoms. The number of nitrogens with zero attached hydrogens (tertiary/aromatic N) is 2. The molecule has 8 nitrogen and oxygen atoms in total. The average Bonchev–Trinajstić information content (AvgIpc) is 2.67. The summed E-state index contributed by atoms with van der Waals surface area (Å²) in [7, 11) is 0. The summed E-state index contributed by atoms with van der Waals surface area (Å²) in [6, 6.07) is 0. The largest absolute Gasteiger partial charge is 0.462 e. The van der Waals surface area contributed by atoms with Gasteiger partial charge in [-0.15, -0.1) is 0 Å². The van der Waals surface area contributed by atoms with Gasteiger partial charge in [0.2, 0.25) is 0 Å². The van der Waals surface area contributed by atoms with Crippen molar-refractivity contribution in [3.63, 3.8) is 0 Å². The molecule has 2 fully saturated rings. The van der Waals surface area contributed by atoms with Crippen LogP contribution >= 0.6 is 23.9 Å². The highest BCUT2D eigenvalue weighted by Gasteiger charge is 2.13. The highest BCUT2D eigenvalue weighted by Crippen LogP contribution is 2.14. The molecular formula is C16H28N2O6S2. The van der Waals surface area contributed by atoms with E-state index in [-0.39, 0.29) is 25.2 Å². The molecule has 2 heterocycles. The summed E-state index contributed by atoms with van der Waals surface area (Å²) in [4.78, 5) is 23.3. The van der Waals surface area contributed by atoms with Gasteiger partial charge in [0.15, 0.2) is 0 Å². The fourth-order valence-electron chi connectivity index (χ4n) is 2.32. The van der Waals surface area contributed by atoms with Crippen molar-refractivity contribution in [1.29, 1.82) is 0 Å². The van der Waals surface area contributed by atoms with Crippen LogP contribution in [0, 0.1) is 0 Å². The molecule has 26 heavy (non-hydrogen) atoms. The molecule has 0 aromatic heterocycles. The first kappa shape index (κ1) is 21.8. The molecule has 0 N–H and O–H groups in total. The van der Waals surface area contributed by atoms with E-state index in [1.54, 1.807) is 23.9 Å². The van der Waals surface area contributed by atoms with Crippen molar-refractivity contribution < 1.29 is 28.5 Å². The van der Waals surface area contributed by atoms with Gasteiger partial charge in [-0.05, 0) is 0 Å². The van der Waals surface area contributed by atoms with E-state index in [4.69, 9.17) is 18.9 Å². The Balaban J connectivity index is 1.38. The van der Waals surface area contributed by atoms with Crippen molar-refractivity contribution >= 4 is 35.8 Å². The van der Waals surface area contributed by atoms with Crippen LogP contribution < -0.4 is 0 Å². The molecule has 0 spiro atoms. The SMILES string of the molecule is O=C(CCSN1CCOCC1)OCCOC(=O)CCSN1CCOCC1. The number of rotatable bonds is 11. The van der Waals surface area contributed by atoms with Crippen LogP contribution in [0.15, 0.2) is 0 Å². The van der Waals surface area contributed by atoms with E-state index in [2.05, 4.69) is 8.61 Å². The Morgan fingerprint density at radius 2 is 1.12 bits per heavy atom. The Morgan fingerprint density at radius 3 is 1.50 bits per heavy atom. The van der Waals surface area contributed by atoms with Crippen molar-refractivity contribution in [2.24, 2.45) is 0 Å². The standard InChI is InChI=1S/C16H28N2O6S2/c19-15(1-13-25-17-3-7-21-8-4-17)23-11-12-24-16(20)2-14-26-18-5-9-22-10-6-18/h1-14H2. The van der Waals surface area contributed by atoms with Crippen LogP contribution in [0.4, 0.5) is 0 Å². The minimum Gasteiger partial charge on any atom is -0.462 e. The second-order valence-corrected chi connectivity index (χ2v) is 8.06. The minimum absolute atomic E-state index is 0.114. The third-order valence-electron chi connectivity index (χ3n) is 3.71. The summed E-state index contributed by atoms with van der Waals surface area (Å²) in [5.41, 5.74) is 0. The monoisotopic (exact) mass is 408 g/mol. The summed E-state index contributed by atoms with van der Waals surface area (Å²) in [6.45, 7) is 6.76. The van der Waals surface area contributed by atoms with E-state index in [1.165, 1.54) is 0 Å². The number of esters is 2. The molecule has 2 saturated heterocycles. The van der Waals surface area contributed by atoms with Gasteiger partial charge in [0.25, 0.3) is 0 Å². The van der Waals surface area contributed by atoms with Gasteiger partial charge < -0.3 is 18.9 Å². The van der Waals surface area contributed by atoms with Crippen LogP contribution in [0.25, 0.3) is 0 Å². The lowest BCUT2D eigenvalue weighted by Crippen LogP contribution is -2.31. The zero-order valence-electron chi connectivity index (χ0n) is 15.1. The van der Waals surface area contributed by atoms with Gasteiger partial charge in [-0.2, -0.15) is 0 Å². The molecule has 0 radical (unpaired) electrons. The molecule has 0 unspecified atom stereocenters. The lowest BCUT2D eigenvalue weighted by Gasteiger charge is -2.25. The molecule has 0 aromatic rings. The molecule has 2 aliphatic heterocycles. The van der Waals surface area contributed by atoms with Crippen LogP contribution in [-0.2, 0) is 28.5 Å². The van der Waals surface area contributed by atoms with Gasteiger partial charge >= 0.3 is 11.9 Å². The minimum atomic E-state index is -0.260. The zero-order valence-corrected chi connectivity index (χ0v) is 16.7. The van der Waals surface area contributed by atoms with Gasteiger partial charge in [-0.25, -0.2) is 8.61 Å². The Hall–Kier alpha value is -0.520. The molecule has 150 valence electrons. The normalized spacial score (nSPS) is 19.2. The van der Waals surface area contributed by atoms with E-state index < -0.39 is 0 Å². The molecule has 0 amide bonds. The van der Waals surface area contributed by atoms with Crippen LogP contribution in [0.5, 0.6) is 0 Å². The predicted molar refractivity (Wildman–Crippen MR) is 101 cm³/mol. The summed E-state index contributed by atoms with van der Waals surface area (Å²) in [5, 5.41) is 0. The van der Waals surface area contributed by atoms with Crippen LogP contribution in [-0.4, -0.2) is 97.9 Å². The summed E-state index contributed by atoms with van der Waals surface area (Å²) < 4.78 is 25.1. The molecule has 10 heteroatoms. The third-order valence-corrected chi connectivity index (χ3v) is 5.94. The zero-order chi connectivity index (χ0) is 18.5. The van der Waals surface area contributed by atoms with Gasteiger partial charge in [0.05, 0.1) is 39.3 Å². The Kier molecular flexibility index (Phi) is 11.4. The second-order valence-electron chi connectivity index (χ2n) is 5.69. The van der Waals surface area contributed by atoms with Gasteiger partial charge in [0, 0.05) is 37.7 Å². The van der Waals surface area contributed by atoms with E-state index in [0.29, 0.717) is 24.3 Å². The lowest BCUT2D eigenvalue weighted by atomic mass is 10.5. The number of morpholine rings is 2. The number of hydrogen-bond acceptors (Lipinski definition) is 10. The third kappa shape index (κ3) is 9.98. The fraction of sp³-hybridized carbons (Fsp3) is 0.875. The maximum atomic E-state index is 11.6. The average molecular weight is 409 g/mol. The van der Waals surface area contributed by atoms with Crippen molar-refractivity contribution in [3.8, 4) is 0 Å². The quantitative estimate of drug-likeness (QED) is 0.278. The maximum Gasteiger partial charge on any atom is 0.306 e. The van der Waals surface area contributed by atoms with Crippen molar-refractivity contribution in [3.05, 3.63) is 0 Å². The summed E-state index contributed by atoms with van der Waals surface area (Å²) >= 11 is 3.29. The first-order valence-corrected chi connectivity index (χ1v) is 10.8. The molecule has 0 saturated carbocycles. The Morgan fingerprint density at radius 1 is 0.731 bits per heavy atom. The number of carbonyl (C=O) groups is 2. The fourth-order valence-corrected chi connectivity index (χ4v) is 4.17. The maximum absolute atomic E-state index is 11.6. The van der Waals surface area contributed by atoms with Crippen LogP contribution in [0.3, 0.4) is 0 Å². The first-order chi connectivity index (χ1) is 12.7. The second kappa shape index (κ2) is 13.6. The van der Waals surface area contributed by atoms with E-state index in [1.807, 2.05) is 0 Å². The van der Waals surface area contributed by atoms with E-state index in [0.717, 1.165) is 52.6 Å². The van der Waals surface area contributed by atoms with E-state index in [9.17, 15) is 9.59 Å². The first-order valence-electron chi connectivity index (χ1n) is 8.96. The number of ether oxygens (including phenoxy) is 4. The van der Waals surface area contributed by atoms with Gasteiger partial charge in [-0.1, -0.05) is 23.9 Å². The van der Waals surface area contributed by atoms with Crippen LogP contribution in [0.1, 0.15) is 12.8 Å². The van der Waals surface area contributed by atoms with Gasteiger partial charge in [0.1, 0.15) is 13.2 Å². The smallest absolute Gasteiger partial charge is 0.306 e.